The summed E-state index contributed by atoms with van der Waals surface area (Å²) in [6, 6.07) is 3.17. The monoisotopic (exact) mass is 419 g/mol. The minimum absolute atomic E-state index is 0.0210. The number of anilines is 1. The molecule has 0 spiro atoms. The lowest BCUT2D eigenvalue weighted by atomic mass is 10.1. The Morgan fingerprint density at radius 1 is 1.20 bits per heavy atom. The molecular weight excluding hydrogens is 393 g/mol. The first-order chi connectivity index (χ1) is 14.0. The number of amides is 2. The molecule has 2 aromatic rings. The van der Waals surface area contributed by atoms with Crippen LogP contribution in [0.5, 0.6) is 0 Å². The number of aryl methyl sites for hydroxylation is 1. The predicted octanol–water partition coefficient (Wildman–Crippen LogP) is 1.38. The van der Waals surface area contributed by atoms with E-state index in [1.807, 2.05) is 0 Å². The highest BCUT2D eigenvalue weighted by atomic mass is 19.1. The number of carbonyl (C=O) groups excluding carboxylic acids is 3. The zero-order valence-corrected chi connectivity index (χ0v) is 17.5. The Hall–Kier alpha value is -3.04. The van der Waals surface area contributed by atoms with E-state index in [1.165, 1.54) is 29.7 Å². The summed E-state index contributed by atoms with van der Waals surface area (Å²) in [6.45, 7) is 5.61. The lowest BCUT2D eigenvalue weighted by Gasteiger charge is -2.18. The van der Waals surface area contributed by atoms with Gasteiger partial charge in [-0.25, -0.2) is 4.39 Å². The van der Waals surface area contributed by atoms with Gasteiger partial charge in [-0.05, 0) is 57.0 Å². The molecule has 9 heteroatoms. The second-order valence-electron chi connectivity index (χ2n) is 7.24. The highest BCUT2D eigenvalue weighted by Gasteiger charge is 2.30. The Kier molecular flexibility index (Phi) is 7.12. The number of aromatic nitrogens is 1. The van der Waals surface area contributed by atoms with Gasteiger partial charge in [0.25, 0.3) is 17.6 Å². The normalized spacial score (nSPS) is 12.9. The van der Waals surface area contributed by atoms with Crippen molar-refractivity contribution in [1.29, 1.82) is 0 Å². The summed E-state index contributed by atoms with van der Waals surface area (Å²) in [5.41, 5.74) is 1.80. The first-order valence-electron chi connectivity index (χ1n) is 9.37. The quantitative estimate of drug-likeness (QED) is 0.399. The number of halogens is 1. The van der Waals surface area contributed by atoms with Gasteiger partial charge >= 0.3 is 0 Å². The number of hydrogen-bond acceptors (Lipinski definition) is 5. The molecule has 2 atom stereocenters. The lowest BCUT2D eigenvalue weighted by Crippen LogP contribution is -2.47. The number of aliphatic hydroxyl groups excluding tert-OH is 2. The molecule has 0 saturated carbocycles. The Morgan fingerprint density at radius 3 is 2.37 bits per heavy atom. The lowest BCUT2D eigenvalue weighted by molar-refractivity contribution is -0.118. The molecule has 2 rings (SSSR count). The molecule has 0 bridgehead atoms. The predicted molar refractivity (Wildman–Crippen MR) is 109 cm³/mol. The van der Waals surface area contributed by atoms with Crippen molar-refractivity contribution in [2.45, 2.75) is 39.8 Å². The third-order valence-electron chi connectivity index (χ3n) is 5.09. The summed E-state index contributed by atoms with van der Waals surface area (Å²) < 4.78 is 14.9. The van der Waals surface area contributed by atoms with Crippen molar-refractivity contribution < 1.29 is 29.0 Å². The van der Waals surface area contributed by atoms with Gasteiger partial charge in [-0.15, -0.1) is 0 Å². The van der Waals surface area contributed by atoms with Gasteiger partial charge in [0.2, 0.25) is 0 Å². The molecule has 1 aromatic heterocycles. The van der Waals surface area contributed by atoms with Crippen LogP contribution in [-0.4, -0.2) is 51.1 Å². The molecule has 30 heavy (non-hydrogen) atoms. The van der Waals surface area contributed by atoms with Gasteiger partial charge in [-0.3, -0.25) is 14.4 Å². The number of ketones is 1. The number of aliphatic hydroxyl groups is 2. The fourth-order valence-corrected chi connectivity index (χ4v) is 3.21. The summed E-state index contributed by atoms with van der Waals surface area (Å²) in [5.74, 6) is -2.78. The van der Waals surface area contributed by atoms with Crippen molar-refractivity contribution in [3.05, 3.63) is 52.1 Å². The molecule has 8 nitrogen and oxygen atoms in total. The molecule has 2 unspecified atom stereocenters. The van der Waals surface area contributed by atoms with Crippen LogP contribution in [0.3, 0.4) is 0 Å². The number of carbonyl (C=O) groups is 3. The van der Waals surface area contributed by atoms with E-state index in [9.17, 15) is 29.0 Å². The molecular formula is C21H26FN3O5. The van der Waals surface area contributed by atoms with E-state index in [-0.39, 0.29) is 11.3 Å². The van der Waals surface area contributed by atoms with Gasteiger partial charge < -0.3 is 25.4 Å². The minimum atomic E-state index is -1.05. The van der Waals surface area contributed by atoms with Crippen LogP contribution in [0.15, 0.2) is 18.2 Å². The third kappa shape index (κ3) is 4.58. The minimum Gasteiger partial charge on any atom is -0.394 e. The van der Waals surface area contributed by atoms with Crippen LogP contribution < -0.4 is 10.6 Å². The molecule has 2 amide bonds. The maximum Gasteiger partial charge on any atom is 0.294 e. The third-order valence-corrected chi connectivity index (χ3v) is 5.09. The van der Waals surface area contributed by atoms with Gasteiger partial charge in [0.05, 0.1) is 30.0 Å². The van der Waals surface area contributed by atoms with Crippen molar-refractivity contribution >= 4 is 23.3 Å². The Balaban J connectivity index is 2.33. The van der Waals surface area contributed by atoms with Crippen molar-refractivity contribution in [1.82, 2.24) is 9.88 Å². The molecule has 1 heterocycles. The molecule has 0 aliphatic rings. The van der Waals surface area contributed by atoms with Crippen molar-refractivity contribution in [3.63, 3.8) is 0 Å². The fourth-order valence-electron chi connectivity index (χ4n) is 3.21. The number of nitrogens with one attached hydrogen (secondary N) is 2. The maximum absolute atomic E-state index is 13.5. The number of rotatable bonds is 7. The average molecular weight is 419 g/mol. The van der Waals surface area contributed by atoms with Gasteiger partial charge in [0.1, 0.15) is 5.82 Å². The van der Waals surface area contributed by atoms with E-state index in [0.717, 1.165) is 0 Å². The fraction of sp³-hybridized carbons (Fsp3) is 0.381. The second kappa shape index (κ2) is 9.19. The summed E-state index contributed by atoms with van der Waals surface area (Å²) in [7, 11) is 1.56. The van der Waals surface area contributed by atoms with E-state index < -0.39 is 42.2 Å². The molecule has 4 N–H and O–H groups in total. The van der Waals surface area contributed by atoms with E-state index in [2.05, 4.69) is 10.6 Å². The summed E-state index contributed by atoms with van der Waals surface area (Å²) in [6.07, 6.45) is -1.05. The smallest absolute Gasteiger partial charge is 0.294 e. The van der Waals surface area contributed by atoms with E-state index >= 15 is 0 Å². The average Bonchev–Trinajstić information content (AvgIpc) is 2.90. The number of nitrogens with zero attached hydrogens (tertiary/aromatic N) is 1. The standard InChI is InChI=1S/C21H26FN3O5/c1-10-8-14(6-7-15(10)22)23-20(29)17-11(2)18(25(5)12(17)3)19(28)21(30)24-16(9-26)13(4)27/h6-8,13,16,26-27H,9H2,1-5H3,(H,23,29)(H,24,30). The van der Waals surface area contributed by atoms with Crippen LogP contribution in [-0.2, 0) is 11.8 Å². The highest BCUT2D eigenvalue weighted by molar-refractivity contribution is 6.43. The van der Waals surface area contributed by atoms with Crippen molar-refractivity contribution in [3.8, 4) is 0 Å². The maximum atomic E-state index is 13.5. The van der Waals surface area contributed by atoms with Gasteiger partial charge in [-0.2, -0.15) is 0 Å². The Labute approximate surface area is 173 Å². The largest absolute Gasteiger partial charge is 0.394 e. The van der Waals surface area contributed by atoms with Crippen LogP contribution in [0.1, 0.15) is 44.6 Å². The zero-order chi connectivity index (χ0) is 22.7. The van der Waals surface area contributed by atoms with Crippen LogP contribution in [0.25, 0.3) is 0 Å². The molecule has 0 fully saturated rings. The first-order valence-corrected chi connectivity index (χ1v) is 9.37. The van der Waals surface area contributed by atoms with Crippen LogP contribution in [0, 0.1) is 26.6 Å². The van der Waals surface area contributed by atoms with E-state index in [1.54, 1.807) is 27.8 Å². The molecule has 0 aliphatic heterocycles. The summed E-state index contributed by atoms with van der Waals surface area (Å²) in [5, 5.41) is 23.8. The SMILES string of the molecule is Cc1cc(NC(=O)c2c(C)c(C(=O)C(=O)NC(CO)C(C)O)n(C)c2C)ccc1F. The van der Waals surface area contributed by atoms with Crippen LogP contribution in [0.4, 0.5) is 10.1 Å². The zero-order valence-electron chi connectivity index (χ0n) is 17.5. The van der Waals surface area contributed by atoms with Gasteiger partial charge in [-0.1, -0.05) is 0 Å². The molecule has 0 aliphatic carbocycles. The summed E-state index contributed by atoms with van der Waals surface area (Å²) >= 11 is 0. The second-order valence-corrected chi connectivity index (χ2v) is 7.24. The van der Waals surface area contributed by atoms with Crippen LogP contribution in [0.2, 0.25) is 0 Å². The topological polar surface area (TPSA) is 121 Å². The van der Waals surface area contributed by atoms with E-state index in [0.29, 0.717) is 22.5 Å². The van der Waals surface area contributed by atoms with Crippen molar-refractivity contribution in [2.75, 3.05) is 11.9 Å². The molecule has 0 saturated heterocycles. The molecule has 1 aromatic carbocycles. The number of benzene rings is 1. The van der Waals surface area contributed by atoms with E-state index in [4.69, 9.17) is 0 Å². The van der Waals surface area contributed by atoms with Crippen molar-refractivity contribution in [2.24, 2.45) is 7.05 Å². The van der Waals surface area contributed by atoms with Gasteiger partial charge in [0, 0.05) is 18.4 Å². The number of hydrogen-bond donors (Lipinski definition) is 4. The summed E-state index contributed by atoms with van der Waals surface area (Å²) in [4.78, 5) is 37.9. The first kappa shape index (κ1) is 23.2. The Morgan fingerprint density at radius 2 is 1.83 bits per heavy atom. The Bertz CT molecular complexity index is 997. The van der Waals surface area contributed by atoms with Gasteiger partial charge in [0.15, 0.2) is 0 Å². The van der Waals surface area contributed by atoms with Crippen LogP contribution >= 0.6 is 0 Å². The number of Topliss-reactive ketones (excluding diaryl/α,β-unsaturated/α-hetero) is 1. The highest BCUT2D eigenvalue weighted by Crippen LogP contribution is 2.24. The molecule has 0 radical (unpaired) electrons. The molecule has 162 valence electrons.